The van der Waals surface area contributed by atoms with Crippen LogP contribution in [0, 0.1) is 0 Å². The molecule has 0 saturated heterocycles. The molecule has 0 aliphatic rings. The van der Waals surface area contributed by atoms with Gasteiger partial charge < -0.3 is 5.11 Å². The van der Waals surface area contributed by atoms with Gasteiger partial charge in [-0.3, -0.25) is 9.63 Å². The van der Waals surface area contributed by atoms with Gasteiger partial charge in [0.1, 0.15) is 5.69 Å². The van der Waals surface area contributed by atoms with Gasteiger partial charge in [0.05, 0.1) is 7.11 Å². The summed E-state index contributed by atoms with van der Waals surface area (Å²) in [4.78, 5) is 25.3. The lowest BCUT2D eigenvalue weighted by Gasteiger charge is -2.14. The molecule has 1 aromatic heterocycles. The van der Waals surface area contributed by atoms with Crippen molar-refractivity contribution in [3.8, 4) is 0 Å². The van der Waals surface area contributed by atoms with Crippen molar-refractivity contribution in [2.45, 2.75) is 11.6 Å². The Morgan fingerprint density at radius 3 is 2.95 bits per heavy atom. The van der Waals surface area contributed by atoms with Crippen molar-refractivity contribution < 1.29 is 14.7 Å². The van der Waals surface area contributed by atoms with Crippen molar-refractivity contribution in [2.24, 2.45) is 0 Å². The molecule has 1 aromatic rings. The zero-order valence-corrected chi connectivity index (χ0v) is 12.0. The molecule has 1 N–H and O–H groups in total. The zero-order valence-electron chi connectivity index (χ0n) is 11.2. The minimum absolute atomic E-state index is 0.0570. The summed E-state index contributed by atoms with van der Waals surface area (Å²) < 4.78 is 0. The van der Waals surface area contributed by atoms with Crippen LogP contribution in [-0.4, -0.2) is 53.1 Å². The Hall–Kier alpha value is -1.44. The summed E-state index contributed by atoms with van der Waals surface area (Å²) in [6.45, 7) is 0.0570. The molecular formula is C12H17N3O3S. The van der Waals surface area contributed by atoms with Gasteiger partial charge in [-0.1, -0.05) is 23.9 Å². The maximum atomic E-state index is 12.1. The molecule has 0 atom stereocenters. The highest BCUT2D eigenvalue weighted by molar-refractivity contribution is 7.98. The van der Waals surface area contributed by atoms with Gasteiger partial charge in [0, 0.05) is 25.4 Å². The Morgan fingerprint density at radius 1 is 1.63 bits per heavy atom. The van der Waals surface area contributed by atoms with Crippen LogP contribution in [0.4, 0.5) is 0 Å². The summed E-state index contributed by atoms with van der Waals surface area (Å²) in [5.41, 5.74) is 0.873. The second kappa shape index (κ2) is 7.88. The van der Waals surface area contributed by atoms with E-state index >= 15 is 0 Å². The predicted molar refractivity (Wildman–Crippen MR) is 73.7 cm³/mol. The number of carbonyl (C=O) groups excluding carboxylic acids is 1. The standard InChI is InChI=1S/C12H17N3O3S/c1-15(18-2)11(17)10-9(6-4-5-7-16)8-13-12(14-10)19-3/h4,6,8,16H,5,7H2,1-3H3/b6-4+. The van der Waals surface area contributed by atoms with Crippen LogP contribution in [0.3, 0.4) is 0 Å². The third kappa shape index (κ3) is 4.30. The van der Waals surface area contributed by atoms with E-state index in [-0.39, 0.29) is 18.2 Å². The van der Waals surface area contributed by atoms with Crippen LogP contribution in [-0.2, 0) is 4.84 Å². The molecule has 0 bridgehead atoms. The molecule has 7 heteroatoms. The normalized spacial score (nSPS) is 10.9. The maximum Gasteiger partial charge on any atom is 0.296 e. The Kier molecular flexibility index (Phi) is 6.48. The molecule has 0 unspecified atom stereocenters. The number of amides is 1. The Morgan fingerprint density at radius 2 is 2.37 bits per heavy atom. The Labute approximate surface area is 116 Å². The van der Waals surface area contributed by atoms with E-state index < -0.39 is 0 Å². The molecule has 6 nitrogen and oxygen atoms in total. The van der Waals surface area contributed by atoms with Gasteiger partial charge in [0.2, 0.25) is 0 Å². The fraction of sp³-hybridized carbons (Fsp3) is 0.417. The SMILES string of the molecule is CON(C)C(=O)c1nc(SC)ncc1/C=C/CCO. The summed E-state index contributed by atoms with van der Waals surface area (Å²) >= 11 is 1.36. The number of aliphatic hydroxyl groups excluding tert-OH is 1. The molecule has 0 aliphatic carbocycles. The number of rotatable bonds is 6. The largest absolute Gasteiger partial charge is 0.396 e. The smallest absolute Gasteiger partial charge is 0.296 e. The van der Waals surface area contributed by atoms with Gasteiger partial charge in [-0.15, -0.1) is 0 Å². The average Bonchev–Trinajstić information content (AvgIpc) is 2.46. The van der Waals surface area contributed by atoms with E-state index in [0.717, 1.165) is 5.06 Å². The first-order valence-corrected chi connectivity index (χ1v) is 6.87. The van der Waals surface area contributed by atoms with Crippen molar-refractivity contribution in [2.75, 3.05) is 27.0 Å². The molecule has 0 aliphatic heterocycles. The number of hydrogen-bond acceptors (Lipinski definition) is 6. The zero-order chi connectivity index (χ0) is 14.3. The average molecular weight is 283 g/mol. The van der Waals surface area contributed by atoms with Crippen LogP contribution in [0.2, 0.25) is 0 Å². The topological polar surface area (TPSA) is 75.5 Å². The first kappa shape index (κ1) is 15.6. The van der Waals surface area contributed by atoms with E-state index in [1.165, 1.54) is 25.9 Å². The minimum atomic E-state index is -0.344. The highest BCUT2D eigenvalue weighted by atomic mass is 32.2. The fourth-order valence-electron chi connectivity index (χ4n) is 1.28. The van der Waals surface area contributed by atoms with E-state index in [2.05, 4.69) is 9.97 Å². The van der Waals surface area contributed by atoms with Crippen LogP contribution < -0.4 is 0 Å². The molecule has 1 rings (SSSR count). The molecular weight excluding hydrogens is 266 g/mol. The number of thioether (sulfide) groups is 1. The Balaban J connectivity index is 3.12. The fourth-order valence-corrected chi connectivity index (χ4v) is 1.62. The van der Waals surface area contributed by atoms with Crippen LogP contribution in [0.15, 0.2) is 17.4 Å². The van der Waals surface area contributed by atoms with Crippen LogP contribution >= 0.6 is 11.8 Å². The van der Waals surface area contributed by atoms with E-state index in [4.69, 9.17) is 9.94 Å². The number of carbonyl (C=O) groups is 1. The highest BCUT2D eigenvalue weighted by Gasteiger charge is 2.17. The van der Waals surface area contributed by atoms with Gasteiger partial charge in [0.25, 0.3) is 5.91 Å². The van der Waals surface area contributed by atoms with Crippen LogP contribution in [0.25, 0.3) is 6.08 Å². The lowest BCUT2D eigenvalue weighted by atomic mass is 10.2. The van der Waals surface area contributed by atoms with Gasteiger partial charge in [-0.05, 0) is 12.7 Å². The van der Waals surface area contributed by atoms with E-state index in [1.54, 1.807) is 18.3 Å². The van der Waals surface area contributed by atoms with Gasteiger partial charge in [-0.2, -0.15) is 0 Å². The lowest BCUT2D eigenvalue weighted by molar-refractivity contribution is -0.0761. The summed E-state index contributed by atoms with van der Waals surface area (Å²) in [5, 5.41) is 10.4. The van der Waals surface area contributed by atoms with Gasteiger partial charge in [0.15, 0.2) is 5.16 Å². The van der Waals surface area contributed by atoms with Gasteiger partial charge >= 0.3 is 0 Å². The quantitative estimate of drug-likeness (QED) is 0.481. The second-order valence-electron chi connectivity index (χ2n) is 3.56. The third-order valence-electron chi connectivity index (χ3n) is 2.33. The Bertz CT molecular complexity index is 466. The van der Waals surface area contributed by atoms with Crippen molar-refractivity contribution in [3.05, 3.63) is 23.5 Å². The van der Waals surface area contributed by atoms with Crippen molar-refractivity contribution in [1.29, 1.82) is 0 Å². The number of aromatic nitrogens is 2. The summed E-state index contributed by atoms with van der Waals surface area (Å²) in [6, 6.07) is 0. The molecule has 0 spiro atoms. The molecule has 1 heterocycles. The second-order valence-corrected chi connectivity index (χ2v) is 4.33. The summed E-state index contributed by atoms with van der Waals surface area (Å²) in [7, 11) is 2.93. The molecule has 0 fully saturated rings. The molecule has 19 heavy (non-hydrogen) atoms. The first-order valence-electron chi connectivity index (χ1n) is 5.64. The van der Waals surface area contributed by atoms with Crippen molar-refractivity contribution in [1.82, 2.24) is 15.0 Å². The molecule has 104 valence electrons. The molecule has 0 saturated carbocycles. The number of aliphatic hydroxyl groups is 1. The van der Waals surface area contributed by atoms with Gasteiger partial charge in [-0.25, -0.2) is 15.0 Å². The summed E-state index contributed by atoms with van der Waals surface area (Å²) in [6.07, 6.45) is 7.42. The van der Waals surface area contributed by atoms with E-state index in [9.17, 15) is 4.79 Å². The minimum Gasteiger partial charge on any atom is -0.396 e. The number of nitrogens with zero attached hydrogens (tertiary/aromatic N) is 3. The maximum absolute atomic E-state index is 12.1. The van der Waals surface area contributed by atoms with E-state index in [0.29, 0.717) is 17.1 Å². The van der Waals surface area contributed by atoms with E-state index in [1.807, 2.05) is 6.26 Å². The number of hydrogen-bond donors (Lipinski definition) is 1. The van der Waals surface area contributed by atoms with Crippen LogP contribution in [0.1, 0.15) is 22.5 Å². The predicted octanol–water partition coefficient (Wildman–Crippen LogP) is 1.23. The molecule has 0 radical (unpaired) electrons. The molecule has 1 amide bonds. The molecule has 0 aromatic carbocycles. The highest BCUT2D eigenvalue weighted by Crippen LogP contribution is 2.15. The van der Waals surface area contributed by atoms with Crippen molar-refractivity contribution in [3.63, 3.8) is 0 Å². The monoisotopic (exact) mass is 283 g/mol. The lowest BCUT2D eigenvalue weighted by Crippen LogP contribution is -2.27. The van der Waals surface area contributed by atoms with Crippen LogP contribution in [0.5, 0.6) is 0 Å². The number of hydroxylamine groups is 2. The third-order valence-corrected chi connectivity index (χ3v) is 2.89. The summed E-state index contributed by atoms with van der Waals surface area (Å²) in [5.74, 6) is -0.344. The van der Waals surface area contributed by atoms with Crippen molar-refractivity contribution >= 4 is 23.7 Å². The first-order chi connectivity index (χ1) is 9.13.